The fourth-order valence-corrected chi connectivity index (χ4v) is 3.45. The molecule has 2 nitrogen and oxygen atoms in total. The van der Waals surface area contributed by atoms with E-state index in [1.807, 2.05) is 0 Å². The van der Waals surface area contributed by atoms with Gasteiger partial charge in [0.1, 0.15) is 5.78 Å². The molecule has 0 unspecified atom stereocenters. The van der Waals surface area contributed by atoms with Crippen LogP contribution in [-0.4, -0.2) is 17.5 Å². The molecule has 0 radical (unpaired) electrons. The number of hydrogen-bond donors (Lipinski definition) is 0. The average molecular weight is 304 g/mol. The van der Waals surface area contributed by atoms with E-state index >= 15 is 0 Å². The highest BCUT2D eigenvalue weighted by Crippen LogP contribution is 2.44. The van der Waals surface area contributed by atoms with Crippen LogP contribution in [0.5, 0.6) is 0 Å². The van der Waals surface area contributed by atoms with Crippen molar-refractivity contribution in [3.8, 4) is 0 Å². The van der Waals surface area contributed by atoms with Gasteiger partial charge in [-0.1, -0.05) is 44.1 Å². The zero-order chi connectivity index (χ0) is 16.3. The maximum Gasteiger partial charge on any atom is 0.137 e. The number of carbonyl (C=O) groups excluding carboxylic acids is 1. The summed E-state index contributed by atoms with van der Waals surface area (Å²) in [6.45, 7) is 11.0. The van der Waals surface area contributed by atoms with Gasteiger partial charge in [-0.05, 0) is 51.4 Å². The second-order valence-corrected chi connectivity index (χ2v) is 7.93. The van der Waals surface area contributed by atoms with Crippen LogP contribution < -0.4 is 0 Å². The van der Waals surface area contributed by atoms with E-state index in [1.54, 1.807) is 0 Å². The van der Waals surface area contributed by atoms with Crippen molar-refractivity contribution < 1.29 is 9.53 Å². The maximum atomic E-state index is 12.2. The molecule has 1 aliphatic heterocycles. The Morgan fingerprint density at radius 1 is 1.27 bits per heavy atom. The van der Waals surface area contributed by atoms with Crippen molar-refractivity contribution in [2.24, 2.45) is 11.8 Å². The predicted octanol–water partition coefficient (Wildman–Crippen LogP) is 5.23. The number of rotatable bonds is 1. The van der Waals surface area contributed by atoms with Gasteiger partial charge in [0.05, 0.1) is 11.7 Å². The first kappa shape index (κ1) is 17.5. The Hall–Kier alpha value is -0.890. The van der Waals surface area contributed by atoms with Crippen molar-refractivity contribution in [3.63, 3.8) is 0 Å². The highest BCUT2D eigenvalue weighted by atomic mass is 16.6. The van der Waals surface area contributed by atoms with Crippen molar-refractivity contribution in [2.45, 2.75) is 84.8 Å². The first-order valence-electron chi connectivity index (χ1n) is 8.86. The Kier molecular flexibility index (Phi) is 5.65. The van der Waals surface area contributed by atoms with Crippen LogP contribution in [-0.2, 0) is 9.53 Å². The molecule has 124 valence electrons. The van der Waals surface area contributed by atoms with E-state index in [0.29, 0.717) is 36.6 Å². The summed E-state index contributed by atoms with van der Waals surface area (Å²) in [7, 11) is 0. The molecule has 1 aliphatic carbocycles. The highest BCUT2D eigenvalue weighted by Gasteiger charge is 2.50. The highest BCUT2D eigenvalue weighted by molar-refractivity contribution is 5.80. The van der Waals surface area contributed by atoms with Crippen LogP contribution in [0.4, 0.5) is 0 Å². The molecule has 0 bridgehead atoms. The largest absolute Gasteiger partial charge is 0.366 e. The smallest absolute Gasteiger partial charge is 0.137 e. The molecule has 3 atom stereocenters. The lowest BCUT2D eigenvalue weighted by atomic mass is 9.88. The van der Waals surface area contributed by atoms with Gasteiger partial charge in [0.15, 0.2) is 0 Å². The first-order chi connectivity index (χ1) is 10.3. The third-order valence-electron chi connectivity index (χ3n) is 5.24. The number of ketones is 1. The molecule has 0 amide bonds. The van der Waals surface area contributed by atoms with Crippen LogP contribution in [0.3, 0.4) is 0 Å². The maximum absolute atomic E-state index is 12.2. The Bertz CT molecular complexity index is 472. The number of ether oxygens (including phenoxy) is 1. The van der Waals surface area contributed by atoms with Crippen molar-refractivity contribution in [1.29, 1.82) is 0 Å². The van der Waals surface area contributed by atoms with Gasteiger partial charge in [-0.3, -0.25) is 4.79 Å². The Morgan fingerprint density at radius 3 is 2.68 bits per heavy atom. The van der Waals surface area contributed by atoms with E-state index in [0.717, 1.165) is 25.7 Å². The lowest BCUT2D eigenvalue weighted by molar-refractivity contribution is -0.119. The molecule has 2 aliphatic rings. The van der Waals surface area contributed by atoms with Crippen molar-refractivity contribution in [1.82, 2.24) is 0 Å². The summed E-state index contributed by atoms with van der Waals surface area (Å²) in [5, 5.41) is 0. The number of hydrogen-bond acceptors (Lipinski definition) is 2. The van der Waals surface area contributed by atoms with Crippen molar-refractivity contribution >= 4 is 5.78 Å². The van der Waals surface area contributed by atoms with E-state index in [1.165, 1.54) is 11.1 Å². The SMILES string of the molecule is C/C1=C/C=C(C(C)C)CC[C@]2(C)O[C@H]2CC[C@@H](C)CC(=O)C1. The van der Waals surface area contributed by atoms with Gasteiger partial charge in [0.2, 0.25) is 0 Å². The molecule has 2 rings (SSSR count). The molecular formula is C20H32O2. The average Bonchev–Trinajstić information content (AvgIpc) is 3.06. The van der Waals surface area contributed by atoms with E-state index < -0.39 is 0 Å². The molecule has 0 aromatic carbocycles. The van der Waals surface area contributed by atoms with Crippen LogP contribution in [0, 0.1) is 11.8 Å². The van der Waals surface area contributed by atoms with Gasteiger partial charge in [-0.25, -0.2) is 0 Å². The third-order valence-corrected chi connectivity index (χ3v) is 5.24. The quantitative estimate of drug-likeness (QED) is 0.621. The summed E-state index contributed by atoms with van der Waals surface area (Å²) in [5.74, 6) is 1.39. The zero-order valence-electron chi connectivity index (χ0n) is 14.9. The summed E-state index contributed by atoms with van der Waals surface area (Å²) in [5.41, 5.74) is 2.72. The summed E-state index contributed by atoms with van der Waals surface area (Å²) >= 11 is 0. The Labute approximate surface area is 136 Å². The predicted molar refractivity (Wildman–Crippen MR) is 91.8 cm³/mol. The molecule has 0 saturated carbocycles. The molecular weight excluding hydrogens is 272 g/mol. The van der Waals surface area contributed by atoms with Crippen LogP contribution in [0.1, 0.15) is 73.1 Å². The van der Waals surface area contributed by atoms with E-state index in [2.05, 4.69) is 46.8 Å². The normalized spacial score (nSPS) is 36.9. The van der Waals surface area contributed by atoms with E-state index in [4.69, 9.17) is 4.74 Å². The number of Topliss-reactive ketones (excluding diaryl/α,β-unsaturated/α-hetero) is 1. The first-order valence-corrected chi connectivity index (χ1v) is 8.86. The van der Waals surface area contributed by atoms with E-state index in [9.17, 15) is 4.79 Å². The van der Waals surface area contributed by atoms with E-state index in [-0.39, 0.29) is 5.60 Å². The van der Waals surface area contributed by atoms with Crippen LogP contribution in [0.2, 0.25) is 0 Å². The zero-order valence-corrected chi connectivity index (χ0v) is 14.9. The van der Waals surface area contributed by atoms with Gasteiger partial charge in [0.25, 0.3) is 0 Å². The molecule has 2 heteroatoms. The van der Waals surface area contributed by atoms with Gasteiger partial charge in [0, 0.05) is 12.8 Å². The molecule has 0 aromatic heterocycles. The minimum Gasteiger partial charge on any atom is -0.366 e. The lowest BCUT2D eigenvalue weighted by Crippen LogP contribution is -2.13. The number of fused-ring (bicyclic) bond motifs is 1. The molecule has 1 heterocycles. The minimum absolute atomic E-state index is 0.0700. The number of epoxide rings is 1. The van der Waals surface area contributed by atoms with Crippen molar-refractivity contribution in [2.75, 3.05) is 0 Å². The Balaban J connectivity index is 2.14. The second kappa shape index (κ2) is 7.12. The summed E-state index contributed by atoms with van der Waals surface area (Å²) in [4.78, 5) is 12.2. The monoisotopic (exact) mass is 304 g/mol. The fraction of sp³-hybridized carbons (Fsp3) is 0.750. The van der Waals surface area contributed by atoms with Crippen LogP contribution in [0.15, 0.2) is 23.3 Å². The van der Waals surface area contributed by atoms with Crippen LogP contribution >= 0.6 is 0 Å². The molecule has 1 fully saturated rings. The van der Waals surface area contributed by atoms with Gasteiger partial charge in [-0.2, -0.15) is 0 Å². The fourth-order valence-electron chi connectivity index (χ4n) is 3.45. The van der Waals surface area contributed by atoms with Crippen molar-refractivity contribution in [3.05, 3.63) is 23.3 Å². The number of carbonyl (C=O) groups is 1. The van der Waals surface area contributed by atoms with Gasteiger partial charge >= 0.3 is 0 Å². The van der Waals surface area contributed by atoms with Gasteiger partial charge in [-0.15, -0.1) is 0 Å². The summed E-state index contributed by atoms with van der Waals surface area (Å²) < 4.78 is 5.98. The van der Waals surface area contributed by atoms with Gasteiger partial charge < -0.3 is 4.74 Å². The summed E-state index contributed by atoms with van der Waals surface area (Å²) in [6, 6.07) is 0. The standard InChI is InChI=1S/C20H32O2/c1-14(2)17-8-6-15(3)12-18(21)13-16(4)7-9-19-20(5,22-19)11-10-17/h6,8,14,16,19H,7,9-13H2,1-5H3/b15-6-,17-8?/t16-,19+,20+/m1/s1. The minimum atomic E-state index is 0.0700. The molecule has 1 saturated heterocycles. The number of allylic oxidation sites excluding steroid dienone is 4. The molecule has 22 heavy (non-hydrogen) atoms. The third kappa shape index (κ3) is 4.81. The summed E-state index contributed by atoms with van der Waals surface area (Å²) in [6.07, 6.45) is 10.5. The lowest BCUT2D eigenvalue weighted by Gasteiger charge is -2.15. The molecule has 0 N–H and O–H groups in total. The van der Waals surface area contributed by atoms with Crippen LogP contribution in [0.25, 0.3) is 0 Å². The second-order valence-electron chi connectivity index (χ2n) is 7.93. The molecule has 0 spiro atoms. The topological polar surface area (TPSA) is 29.6 Å². The molecule has 0 aromatic rings. The Morgan fingerprint density at radius 2 is 2.00 bits per heavy atom.